The van der Waals surface area contributed by atoms with Gasteiger partial charge < -0.3 is 14.5 Å². The van der Waals surface area contributed by atoms with Crippen LogP contribution in [-0.4, -0.2) is 22.8 Å². The van der Waals surface area contributed by atoms with Crippen LogP contribution in [0, 0.1) is 0 Å². The van der Waals surface area contributed by atoms with E-state index in [4.69, 9.17) is 20.8 Å². The van der Waals surface area contributed by atoms with Gasteiger partial charge >= 0.3 is 0 Å². The van der Waals surface area contributed by atoms with Crippen molar-refractivity contribution in [2.75, 3.05) is 7.11 Å². The van der Waals surface area contributed by atoms with Gasteiger partial charge in [0, 0.05) is 10.6 Å². The summed E-state index contributed by atoms with van der Waals surface area (Å²) >= 11 is 6.15. The van der Waals surface area contributed by atoms with E-state index in [1.807, 2.05) is 36.4 Å². The van der Waals surface area contributed by atoms with E-state index in [-0.39, 0.29) is 12.5 Å². The van der Waals surface area contributed by atoms with Gasteiger partial charge in [0.1, 0.15) is 17.2 Å². The normalized spacial score (nSPS) is 10.7. The summed E-state index contributed by atoms with van der Waals surface area (Å²) in [5.74, 6) is 1.10. The lowest BCUT2D eigenvalue weighted by Crippen LogP contribution is -2.25. The van der Waals surface area contributed by atoms with Crippen LogP contribution in [0.15, 0.2) is 77.4 Å². The highest BCUT2D eigenvalue weighted by Crippen LogP contribution is 2.26. The van der Waals surface area contributed by atoms with Gasteiger partial charge in [0.2, 0.25) is 0 Å². The number of hydrogen-bond donors (Lipinski definition) is 1. The van der Waals surface area contributed by atoms with Gasteiger partial charge in [-0.2, -0.15) is 5.10 Å². The Morgan fingerprint density at radius 3 is 2.76 bits per heavy atom. The molecule has 0 aliphatic heterocycles. The molecule has 0 bridgehead atoms. The van der Waals surface area contributed by atoms with E-state index in [0.29, 0.717) is 33.6 Å². The standard InChI is InChI=1S/C22H18ClN3O3/c1-28-18-8-2-5-15(11-18)20-13-21(22(27)24-14-19-9-4-10-29-19)26(25-20)17-7-3-6-16(23)12-17/h2-13H,14H2,1H3,(H,24,27). The van der Waals surface area contributed by atoms with E-state index in [0.717, 1.165) is 5.56 Å². The van der Waals surface area contributed by atoms with Gasteiger partial charge in [-0.05, 0) is 48.5 Å². The molecule has 1 amide bonds. The topological polar surface area (TPSA) is 69.3 Å². The molecule has 7 heteroatoms. The highest BCUT2D eigenvalue weighted by atomic mass is 35.5. The van der Waals surface area contributed by atoms with Gasteiger partial charge in [0.25, 0.3) is 5.91 Å². The van der Waals surface area contributed by atoms with Crippen molar-refractivity contribution >= 4 is 17.5 Å². The van der Waals surface area contributed by atoms with Gasteiger partial charge in [-0.15, -0.1) is 0 Å². The van der Waals surface area contributed by atoms with Crippen molar-refractivity contribution in [3.05, 3.63) is 89.5 Å². The molecule has 0 atom stereocenters. The summed E-state index contributed by atoms with van der Waals surface area (Å²) in [6.07, 6.45) is 1.57. The number of halogens is 1. The van der Waals surface area contributed by atoms with Crippen LogP contribution < -0.4 is 10.1 Å². The Morgan fingerprint density at radius 1 is 1.14 bits per heavy atom. The Kier molecular flexibility index (Phi) is 5.35. The predicted molar refractivity (Wildman–Crippen MR) is 110 cm³/mol. The van der Waals surface area contributed by atoms with Crippen LogP contribution in [0.3, 0.4) is 0 Å². The summed E-state index contributed by atoms with van der Waals surface area (Å²) < 4.78 is 12.2. The second-order valence-electron chi connectivity index (χ2n) is 6.30. The van der Waals surface area contributed by atoms with Gasteiger partial charge in [0.05, 0.1) is 31.3 Å². The Labute approximate surface area is 172 Å². The molecule has 29 heavy (non-hydrogen) atoms. The minimum Gasteiger partial charge on any atom is -0.497 e. The Morgan fingerprint density at radius 2 is 2.00 bits per heavy atom. The average molecular weight is 408 g/mol. The molecule has 0 spiro atoms. The number of amides is 1. The van der Waals surface area contributed by atoms with Gasteiger partial charge in [0.15, 0.2) is 0 Å². The molecule has 0 saturated carbocycles. The second kappa shape index (κ2) is 8.24. The number of rotatable bonds is 6. The third-order valence-corrected chi connectivity index (χ3v) is 4.60. The first-order valence-corrected chi connectivity index (χ1v) is 9.33. The summed E-state index contributed by atoms with van der Waals surface area (Å²) in [5.41, 5.74) is 2.56. The number of carbonyl (C=O) groups excluding carboxylic acids is 1. The van der Waals surface area contributed by atoms with E-state index in [9.17, 15) is 4.79 Å². The van der Waals surface area contributed by atoms with Crippen LogP contribution in [-0.2, 0) is 6.54 Å². The van der Waals surface area contributed by atoms with Crippen molar-refractivity contribution in [1.82, 2.24) is 15.1 Å². The number of benzene rings is 2. The maximum absolute atomic E-state index is 12.9. The molecule has 0 fully saturated rings. The van der Waals surface area contributed by atoms with Crippen LogP contribution in [0.4, 0.5) is 0 Å². The summed E-state index contributed by atoms with van der Waals surface area (Å²) in [4.78, 5) is 12.9. The minimum atomic E-state index is -0.275. The Balaban J connectivity index is 1.73. The van der Waals surface area contributed by atoms with Gasteiger partial charge in [-0.1, -0.05) is 29.8 Å². The van der Waals surface area contributed by atoms with Crippen LogP contribution in [0.5, 0.6) is 5.75 Å². The fourth-order valence-electron chi connectivity index (χ4n) is 2.94. The van der Waals surface area contributed by atoms with Crippen molar-refractivity contribution in [2.45, 2.75) is 6.54 Å². The molecule has 4 aromatic rings. The second-order valence-corrected chi connectivity index (χ2v) is 6.74. The number of ether oxygens (including phenoxy) is 1. The zero-order valence-electron chi connectivity index (χ0n) is 15.6. The maximum atomic E-state index is 12.9. The van der Waals surface area contributed by atoms with Crippen LogP contribution in [0.25, 0.3) is 16.9 Å². The van der Waals surface area contributed by atoms with Crippen LogP contribution in [0.2, 0.25) is 5.02 Å². The van der Waals surface area contributed by atoms with Gasteiger partial charge in [-0.3, -0.25) is 4.79 Å². The molecule has 1 N–H and O–H groups in total. The molecule has 0 saturated heterocycles. The largest absolute Gasteiger partial charge is 0.497 e. The van der Waals surface area contributed by atoms with E-state index >= 15 is 0 Å². The molecular weight excluding hydrogens is 390 g/mol. The van der Waals surface area contributed by atoms with Crippen molar-refractivity contribution < 1.29 is 13.9 Å². The molecule has 0 aliphatic rings. The predicted octanol–water partition coefficient (Wildman–Crippen LogP) is 4.72. The molecule has 146 valence electrons. The lowest BCUT2D eigenvalue weighted by atomic mass is 10.1. The van der Waals surface area contributed by atoms with E-state index in [1.54, 1.807) is 48.4 Å². The monoisotopic (exact) mass is 407 g/mol. The molecule has 2 aromatic carbocycles. The Bertz CT molecular complexity index is 1140. The SMILES string of the molecule is COc1cccc(-c2cc(C(=O)NCc3ccco3)n(-c3cccc(Cl)c3)n2)c1. The highest BCUT2D eigenvalue weighted by Gasteiger charge is 2.18. The fourth-order valence-corrected chi connectivity index (χ4v) is 3.13. The third kappa shape index (κ3) is 4.17. The molecule has 0 radical (unpaired) electrons. The van der Waals surface area contributed by atoms with Crippen molar-refractivity contribution in [1.29, 1.82) is 0 Å². The summed E-state index contributed by atoms with van der Waals surface area (Å²) in [6.45, 7) is 0.279. The number of aromatic nitrogens is 2. The van der Waals surface area contributed by atoms with E-state index < -0.39 is 0 Å². The highest BCUT2D eigenvalue weighted by molar-refractivity contribution is 6.30. The average Bonchev–Trinajstić information content (AvgIpc) is 3.42. The zero-order valence-corrected chi connectivity index (χ0v) is 16.4. The van der Waals surface area contributed by atoms with E-state index in [2.05, 4.69) is 10.4 Å². The number of methoxy groups -OCH3 is 1. The smallest absolute Gasteiger partial charge is 0.270 e. The molecule has 6 nitrogen and oxygen atoms in total. The quantitative estimate of drug-likeness (QED) is 0.502. The van der Waals surface area contributed by atoms with E-state index in [1.165, 1.54) is 0 Å². The number of carbonyl (C=O) groups is 1. The van der Waals surface area contributed by atoms with Crippen molar-refractivity contribution in [2.24, 2.45) is 0 Å². The lowest BCUT2D eigenvalue weighted by Gasteiger charge is -2.08. The third-order valence-electron chi connectivity index (χ3n) is 4.36. The van der Waals surface area contributed by atoms with Crippen LogP contribution in [0.1, 0.15) is 16.2 Å². The maximum Gasteiger partial charge on any atom is 0.270 e. The Hall–Kier alpha value is -3.51. The molecule has 2 aromatic heterocycles. The van der Waals surface area contributed by atoms with Gasteiger partial charge in [-0.25, -0.2) is 4.68 Å². The number of hydrogen-bond acceptors (Lipinski definition) is 4. The number of nitrogens with zero attached hydrogens (tertiary/aromatic N) is 2. The first-order chi connectivity index (χ1) is 14.1. The molecule has 4 rings (SSSR count). The fraction of sp³-hybridized carbons (Fsp3) is 0.0909. The molecule has 2 heterocycles. The molecule has 0 unspecified atom stereocenters. The number of furan rings is 1. The molecular formula is C22H18ClN3O3. The van der Waals surface area contributed by atoms with Crippen LogP contribution >= 0.6 is 11.6 Å². The minimum absolute atomic E-state index is 0.275. The summed E-state index contributed by atoms with van der Waals surface area (Å²) in [5, 5.41) is 8.07. The molecule has 0 aliphatic carbocycles. The zero-order chi connectivity index (χ0) is 20.2. The summed E-state index contributed by atoms with van der Waals surface area (Å²) in [7, 11) is 1.61. The lowest BCUT2D eigenvalue weighted by molar-refractivity contribution is 0.0940. The first kappa shape index (κ1) is 18.8. The van der Waals surface area contributed by atoms with Crippen molar-refractivity contribution in [3.8, 4) is 22.7 Å². The first-order valence-electron chi connectivity index (χ1n) is 8.95. The van der Waals surface area contributed by atoms with Crippen molar-refractivity contribution in [3.63, 3.8) is 0 Å². The number of nitrogens with one attached hydrogen (secondary N) is 1. The summed E-state index contributed by atoms with van der Waals surface area (Å²) in [6, 6.07) is 20.0.